The van der Waals surface area contributed by atoms with E-state index in [0.717, 1.165) is 16.6 Å². The lowest BCUT2D eigenvalue weighted by Gasteiger charge is -2.09. The van der Waals surface area contributed by atoms with E-state index in [2.05, 4.69) is 10.3 Å². The summed E-state index contributed by atoms with van der Waals surface area (Å²) >= 11 is 0. The zero-order valence-electron chi connectivity index (χ0n) is 12.0. The summed E-state index contributed by atoms with van der Waals surface area (Å²) in [4.78, 5) is 16.7. The largest absolute Gasteiger partial charge is 0.328 e. The molecule has 1 amide bonds. The summed E-state index contributed by atoms with van der Waals surface area (Å²) in [7, 11) is 0. The number of rotatable bonds is 3. The monoisotopic (exact) mass is 313 g/mol. The van der Waals surface area contributed by atoms with Crippen molar-refractivity contribution in [1.29, 1.82) is 0 Å². The van der Waals surface area contributed by atoms with E-state index in [-0.39, 0.29) is 17.6 Å². The standard InChI is InChI=1S/C17H13F2N3O/c18-15(19)11-7-5-10(6-8-11)9-13-16-20-12-3-1-2-4-14(12)22(16)17(23)21-13/h1-8,13,15H,9H2,(H,21,23). The number of hydrogen-bond acceptors (Lipinski definition) is 2. The second kappa shape index (κ2) is 5.15. The Bertz CT molecular complexity index is 886. The Labute approximate surface area is 130 Å². The molecule has 0 bridgehead atoms. The molecular formula is C17H13F2N3O. The van der Waals surface area contributed by atoms with Crippen molar-refractivity contribution in [2.45, 2.75) is 18.9 Å². The van der Waals surface area contributed by atoms with Crippen LogP contribution in [0.2, 0.25) is 0 Å². The number of hydrogen-bond donors (Lipinski definition) is 1. The lowest BCUT2D eigenvalue weighted by atomic mass is 10.0. The molecule has 0 radical (unpaired) electrons. The average Bonchev–Trinajstić information content (AvgIpc) is 3.06. The fraction of sp³-hybridized carbons (Fsp3) is 0.176. The zero-order valence-corrected chi connectivity index (χ0v) is 12.0. The number of para-hydroxylation sites is 2. The van der Waals surface area contributed by atoms with Crippen LogP contribution in [0.25, 0.3) is 11.0 Å². The normalized spacial score (nSPS) is 16.8. The number of fused-ring (bicyclic) bond motifs is 3. The number of aromatic nitrogens is 2. The second-order valence-electron chi connectivity index (χ2n) is 5.54. The SMILES string of the molecule is O=C1NC(Cc2ccc(C(F)F)cc2)c2nc3ccccc3n21. The van der Waals surface area contributed by atoms with Gasteiger partial charge in [0.15, 0.2) is 0 Å². The van der Waals surface area contributed by atoms with Gasteiger partial charge in [-0.1, -0.05) is 36.4 Å². The summed E-state index contributed by atoms with van der Waals surface area (Å²) in [5, 5.41) is 2.89. The van der Waals surface area contributed by atoms with Crippen molar-refractivity contribution < 1.29 is 13.6 Å². The first kappa shape index (κ1) is 13.9. The Morgan fingerprint density at radius 3 is 2.61 bits per heavy atom. The minimum Gasteiger partial charge on any atom is -0.327 e. The third-order valence-corrected chi connectivity index (χ3v) is 4.07. The molecule has 116 valence electrons. The zero-order chi connectivity index (χ0) is 16.0. The molecule has 2 heterocycles. The van der Waals surface area contributed by atoms with Gasteiger partial charge in [0.05, 0.1) is 17.1 Å². The Morgan fingerprint density at radius 1 is 1.13 bits per heavy atom. The molecule has 1 aliphatic rings. The van der Waals surface area contributed by atoms with Crippen molar-refractivity contribution in [2.75, 3.05) is 0 Å². The molecule has 2 aromatic carbocycles. The first-order chi connectivity index (χ1) is 11.1. The van der Waals surface area contributed by atoms with E-state index in [1.165, 1.54) is 12.1 Å². The van der Waals surface area contributed by atoms with Gasteiger partial charge in [-0.2, -0.15) is 0 Å². The van der Waals surface area contributed by atoms with Crippen LogP contribution >= 0.6 is 0 Å². The van der Waals surface area contributed by atoms with E-state index < -0.39 is 6.43 Å². The molecule has 4 rings (SSSR count). The molecule has 6 heteroatoms. The molecule has 23 heavy (non-hydrogen) atoms. The summed E-state index contributed by atoms with van der Waals surface area (Å²) in [6.45, 7) is 0. The fourth-order valence-electron chi connectivity index (χ4n) is 2.95. The van der Waals surface area contributed by atoms with Gasteiger partial charge in [0.2, 0.25) is 0 Å². The lowest BCUT2D eigenvalue weighted by molar-refractivity contribution is 0.151. The van der Waals surface area contributed by atoms with Crippen molar-refractivity contribution in [3.8, 4) is 0 Å². The quantitative estimate of drug-likeness (QED) is 0.799. The van der Waals surface area contributed by atoms with Gasteiger partial charge in [-0.05, 0) is 24.1 Å². The molecule has 0 fully saturated rings. The van der Waals surface area contributed by atoms with Crippen molar-refractivity contribution in [3.63, 3.8) is 0 Å². The Morgan fingerprint density at radius 2 is 1.87 bits per heavy atom. The van der Waals surface area contributed by atoms with Crippen LogP contribution in [0.15, 0.2) is 48.5 Å². The predicted molar refractivity (Wildman–Crippen MR) is 81.5 cm³/mol. The Hall–Kier alpha value is -2.76. The maximum absolute atomic E-state index is 12.6. The van der Waals surface area contributed by atoms with Crippen molar-refractivity contribution in [1.82, 2.24) is 14.9 Å². The highest BCUT2D eigenvalue weighted by atomic mass is 19.3. The van der Waals surface area contributed by atoms with Gasteiger partial charge in [0.25, 0.3) is 6.43 Å². The number of imidazole rings is 1. The van der Waals surface area contributed by atoms with Gasteiger partial charge in [0, 0.05) is 5.56 Å². The van der Waals surface area contributed by atoms with Crippen LogP contribution in [-0.4, -0.2) is 15.6 Å². The van der Waals surface area contributed by atoms with Crippen LogP contribution in [0, 0.1) is 0 Å². The van der Waals surface area contributed by atoms with Gasteiger partial charge in [0.1, 0.15) is 5.82 Å². The molecule has 3 aromatic rings. The fourth-order valence-corrected chi connectivity index (χ4v) is 2.95. The summed E-state index contributed by atoms with van der Waals surface area (Å²) in [5.74, 6) is 0.661. The molecule has 0 saturated carbocycles. The van der Waals surface area contributed by atoms with E-state index in [1.807, 2.05) is 24.3 Å². The van der Waals surface area contributed by atoms with E-state index in [0.29, 0.717) is 12.2 Å². The maximum atomic E-state index is 12.6. The number of benzene rings is 2. The predicted octanol–water partition coefficient (Wildman–Crippen LogP) is 3.83. The molecule has 0 aliphatic carbocycles. The van der Waals surface area contributed by atoms with Crippen LogP contribution < -0.4 is 5.32 Å². The third-order valence-electron chi connectivity index (χ3n) is 4.07. The molecule has 1 aromatic heterocycles. The molecule has 4 nitrogen and oxygen atoms in total. The van der Waals surface area contributed by atoms with Crippen molar-refractivity contribution in [3.05, 3.63) is 65.5 Å². The molecule has 1 N–H and O–H groups in total. The van der Waals surface area contributed by atoms with Crippen LogP contribution in [0.1, 0.15) is 29.4 Å². The Balaban J connectivity index is 1.66. The van der Waals surface area contributed by atoms with Crippen LogP contribution in [0.3, 0.4) is 0 Å². The number of nitrogens with zero attached hydrogens (tertiary/aromatic N) is 2. The number of halogens is 2. The molecule has 0 saturated heterocycles. The van der Waals surface area contributed by atoms with Gasteiger partial charge >= 0.3 is 6.03 Å². The topological polar surface area (TPSA) is 46.9 Å². The van der Waals surface area contributed by atoms with Crippen LogP contribution in [0.5, 0.6) is 0 Å². The van der Waals surface area contributed by atoms with E-state index in [4.69, 9.17) is 0 Å². The highest BCUT2D eigenvalue weighted by Gasteiger charge is 2.31. The summed E-state index contributed by atoms with van der Waals surface area (Å²) in [5.41, 5.74) is 2.42. The van der Waals surface area contributed by atoms with Gasteiger partial charge in [-0.15, -0.1) is 0 Å². The van der Waals surface area contributed by atoms with Gasteiger partial charge < -0.3 is 5.32 Å². The maximum Gasteiger partial charge on any atom is 0.328 e. The van der Waals surface area contributed by atoms with Crippen LogP contribution in [-0.2, 0) is 6.42 Å². The first-order valence-corrected chi connectivity index (χ1v) is 7.29. The van der Waals surface area contributed by atoms with Crippen LogP contribution in [0.4, 0.5) is 13.6 Å². The van der Waals surface area contributed by atoms with Gasteiger partial charge in [-0.25, -0.2) is 23.1 Å². The molecule has 1 aliphatic heterocycles. The number of nitrogens with one attached hydrogen (secondary N) is 1. The minimum atomic E-state index is -2.47. The summed E-state index contributed by atoms with van der Waals surface area (Å²) in [6.07, 6.45) is -1.96. The van der Waals surface area contributed by atoms with Crippen molar-refractivity contribution in [2.24, 2.45) is 0 Å². The number of carbonyl (C=O) groups excluding carboxylic acids is 1. The van der Waals surface area contributed by atoms with Crippen molar-refractivity contribution >= 4 is 17.1 Å². The van der Waals surface area contributed by atoms with E-state index in [1.54, 1.807) is 16.7 Å². The smallest absolute Gasteiger partial charge is 0.327 e. The van der Waals surface area contributed by atoms with Gasteiger partial charge in [-0.3, -0.25) is 0 Å². The van der Waals surface area contributed by atoms with E-state index in [9.17, 15) is 13.6 Å². The molecule has 0 spiro atoms. The second-order valence-corrected chi connectivity index (χ2v) is 5.54. The molecular weight excluding hydrogens is 300 g/mol. The molecule has 1 unspecified atom stereocenters. The third kappa shape index (κ3) is 2.27. The Kier molecular flexibility index (Phi) is 3.11. The highest BCUT2D eigenvalue weighted by Crippen LogP contribution is 2.28. The number of alkyl halides is 2. The first-order valence-electron chi connectivity index (χ1n) is 7.29. The minimum absolute atomic E-state index is 0.00329. The average molecular weight is 313 g/mol. The van der Waals surface area contributed by atoms with E-state index >= 15 is 0 Å². The summed E-state index contributed by atoms with van der Waals surface area (Å²) in [6, 6.07) is 13.2. The number of carbonyl (C=O) groups is 1. The summed E-state index contributed by atoms with van der Waals surface area (Å²) < 4.78 is 26.8. The number of amides is 1. The lowest BCUT2D eigenvalue weighted by Crippen LogP contribution is -2.22. The molecule has 1 atom stereocenters. The highest BCUT2D eigenvalue weighted by molar-refractivity contribution is 5.92.